The number of hydrogen-bond donors (Lipinski definition) is 1. The van der Waals surface area contributed by atoms with E-state index in [1.165, 1.54) is 0 Å². The van der Waals surface area contributed by atoms with Crippen molar-refractivity contribution >= 4 is 11.7 Å². The molecule has 0 bridgehead atoms. The smallest absolute Gasteiger partial charge is 0.266 e. The monoisotopic (exact) mass is 284 g/mol. The average Bonchev–Trinajstić information content (AvgIpc) is 2.77. The van der Waals surface area contributed by atoms with E-state index >= 15 is 0 Å². The van der Waals surface area contributed by atoms with Crippen molar-refractivity contribution in [2.75, 3.05) is 5.32 Å². The van der Waals surface area contributed by atoms with Crippen molar-refractivity contribution in [3.8, 4) is 11.8 Å². The van der Waals surface area contributed by atoms with Crippen molar-refractivity contribution in [3.63, 3.8) is 0 Å². The van der Waals surface area contributed by atoms with Crippen LogP contribution in [0.1, 0.15) is 18.2 Å². The van der Waals surface area contributed by atoms with E-state index < -0.39 is 6.10 Å². The van der Waals surface area contributed by atoms with Crippen LogP contribution < -0.4 is 10.1 Å². The molecule has 1 atom stereocenters. The van der Waals surface area contributed by atoms with Gasteiger partial charge in [0.25, 0.3) is 5.91 Å². The zero-order valence-electron chi connectivity index (χ0n) is 12.1. The third-order valence-electron chi connectivity index (χ3n) is 2.92. The second-order valence-corrected chi connectivity index (χ2v) is 4.68. The van der Waals surface area contributed by atoms with Crippen LogP contribution >= 0.6 is 0 Å². The van der Waals surface area contributed by atoms with Gasteiger partial charge in [-0.3, -0.25) is 9.48 Å². The summed E-state index contributed by atoms with van der Waals surface area (Å²) in [4.78, 5) is 12.1. The van der Waals surface area contributed by atoms with Crippen molar-refractivity contribution in [3.05, 3.63) is 41.6 Å². The summed E-state index contributed by atoms with van der Waals surface area (Å²) in [5.74, 6) is 0.896. The van der Waals surface area contributed by atoms with Crippen LogP contribution in [0.2, 0.25) is 0 Å². The van der Waals surface area contributed by atoms with Gasteiger partial charge in [-0.2, -0.15) is 10.4 Å². The molecule has 0 aliphatic rings. The number of nitrogens with zero attached hydrogens (tertiary/aromatic N) is 3. The molecule has 21 heavy (non-hydrogen) atoms. The number of anilines is 1. The minimum atomic E-state index is -0.659. The number of ether oxygens (including phenoxy) is 1. The molecule has 6 heteroatoms. The fraction of sp³-hybridized carbons (Fsp3) is 0.267. The van der Waals surface area contributed by atoms with E-state index in [9.17, 15) is 4.79 Å². The number of rotatable bonds is 4. The molecule has 0 aliphatic carbocycles. The quantitative estimate of drug-likeness (QED) is 0.931. The van der Waals surface area contributed by atoms with E-state index in [1.54, 1.807) is 49.0 Å². The number of aryl methyl sites for hydroxylation is 2. The molecule has 1 aromatic carbocycles. The molecule has 0 aliphatic heterocycles. The molecule has 1 N–H and O–H groups in total. The molecular formula is C15H16N4O2. The number of benzene rings is 1. The van der Waals surface area contributed by atoms with Crippen LogP contribution in [0, 0.1) is 18.3 Å². The highest BCUT2D eigenvalue weighted by atomic mass is 16.5. The Morgan fingerprint density at radius 2 is 2.10 bits per heavy atom. The molecule has 2 aromatic rings. The predicted molar refractivity (Wildman–Crippen MR) is 77.8 cm³/mol. The topological polar surface area (TPSA) is 79.9 Å². The van der Waals surface area contributed by atoms with Crippen molar-refractivity contribution in [2.24, 2.45) is 7.05 Å². The molecule has 1 unspecified atom stereocenters. The Hall–Kier alpha value is -2.81. The number of amides is 1. The van der Waals surface area contributed by atoms with Gasteiger partial charge in [-0.15, -0.1) is 0 Å². The number of nitriles is 1. The van der Waals surface area contributed by atoms with E-state index in [1.807, 2.05) is 13.0 Å². The first-order chi connectivity index (χ1) is 9.99. The van der Waals surface area contributed by atoms with Crippen LogP contribution in [0.15, 0.2) is 30.3 Å². The Balaban J connectivity index is 1.99. The van der Waals surface area contributed by atoms with Gasteiger partial charge in [0.2, 0.25) is 0 Å². The lowest BCUT2D eigenvalue weighted by Gasteiger charge is -2.14. The van der Waals surface area contributed by atoms with Gasteiger partial charge in [-0.1, -0.05) is 0 Å². The molecule has 0 fully saturated rings. The highest BCUT2D eigenvalue weighted by Crippen LogP contribution is 2.15. The molecule has 1 aromatic heterocycles. The highest BCUT2D eigenvalue weighted by molar-refractivity contribution is 5.93. The summed E-state index contributed by atoms with van der Waals surface area (Å²) >= 11 is 0. The van der Waals surface area contributed by atoms with Gasteiger partial charge >= 0.3 is 0 Å². The molecule has 108 valence electrons. The maximum atomic E-state index is 12.1. The minimum absolute atomic E-state index is 0.262. The van der Waals surface area contributed by atoms with Gasteiger partial charge in [-0.25, -0.2) is 0 Å². The van der Waals surface area contributed by atoms with Crippen LogP contribution in [0.5, 0.6) is 5.75 Å². The number of carbonyl (C=O) groups excluding carboxylic acids is 1. The molecule has 0 spiro atoms. The van der Waals surface area contributed by atoms with Crippen molar-refractivity contribution in [2.45, 2.75) is 20.0 Å². The molecule has 1 amide bonds. The molecule has 2 rings (SSSR count). The SMILES string of the molecule is Cc1cc(NC(=O)C(C)Oc2ccc(C#N)cc2)n(C)n1. The van der Waals surface area contributed by atoms with Gasteiger partial charge in [0.05, 0.1) is 17.3 Å². The Morgan fingerprint density at radius 1 is 1.43 bits per heavy atom. The molecule has 0 saturated heterocycles. The zero-order valence-corrected chi connectivity index (χ0v) is 12.1. The van der Waals surface area contributed by atoms with E-state index in [-0.39, 0.29) is 5.91 Å². The van der Waals surface area contributed by atoms with Crippen LogP contribution in [-0.4, -0.2) is 21.8 Å². The van der Waals surface area contributed by atoms with Gasteiger partial charge in [0, 0.05) is 13.1 Å². The Kier molecular flexibility index (Phi) is 4.24. The molecular weight excluding hydrogens is 268 g/mol. The second-order valence-electron chi connectivity index (χ2n) is 4.68. The van der Waals surface area contributed by atoms with Crippen molar-refractivity contribution < 1.29 is 9.53 Å². The number of carbonyl (C=O) groups is 1. The number of hydrogen-bond acceptors (Lipinski definition) is 4. The third-order valence-corrected chi connectivity index (χ3v) is 2.92. The number of nitrogens with one attached hydrogen (secondary N) is 1. The van der Waals surface area contributed by atoms with Gasteiger partial charge < -0.3 is 10.1 Å². The lowest BCUT2D eigenvalue weighted by atomic mass is 10.2. The summed E-state index contributed by atoms with van der Waals surface area (Å²) in [7, 11) is 1.76. The number of aromatic nitrogens is 2. The van der Waals surface area contributed by atoms with Crippen LogP contribution in [-0.2, 0) is 11.8 Å². The summed E-state index contributed by atoms with van der Waals surface area (Å²) < 4.78 is 7.14. The first-order valence-electron chi connectivity index (χ1n) is 6.48. The largest absolute Gasteiger partial charge is 0.481 e. The van der Waals surface area contributed by atoms with Crippen molar-refractivity contribution in [1.82, 2.24) is 9.78 Å². The van der Waals surface area contributed by atoms with Crippen molar-refractivity contribution in [1.29, 1.82) is 5.26 Å². The summed E-state index contributed by atoms with van der Waals surface area (Å²) in [5, 5.41) is 15.6. The Morgan fingerprint density at radius 3 is 2.62 bits per heavy atom. The van der Waals surface area contributed by atoms with E-state index in [2.05, 4.69) is 10.4 Å². The lowest BCUT2D eigenvalue weighted by Crippen LogP contribution is -2.30. The summed E-state index contributed by atoms with van der Waals surface area (Å²) in [5.41, 5.74) is 1.37. The van der Waals surface area contributed by atoms with E-state index in [0.717, 1.165) is 5.69 Å². The Bertz CT molecular complexity index is 683. The maximum Gasteiger partial charge on any atom is 0.266 e. The van der Waals surface area contributed by atoms with E-state index in [0.29, 0.717) is 17.1 Å². The lowest BCUT2D eigenvalue weighted by molar-refractivity contribution is -0.122. The molecule has 1 heterocycles. The summed E-state index contributed by atoms with van der Waals surface area (Å²) in [6.07, 6.45) is -0.659. The minimum Gasteiger partial charge on any atom is -0.481 e. The summed E-state index contributed by atoms with van der Waals surface area (Å²) in [6.45, 7) is 3.52. The predicted octanol–water partition coefficient (Wildman–Crippen LogP) is 2.01. The van der Waals surface area contributed by atoms with E-state index in [4.69, 9.17) is 10.00 Å². The second kappa shape index (κ2) is 6.09. The standard InChI is InChI=1S/C15H16N4O2/c1-10-8-14(19(3)18-10)17-15(20)11(2)21-13-6-4-12(9-16)5-7-13/h4-8,11H,1-3H3,(H,17,20). The van der Waals surface area contributed by atoms with Gasteiger partial charge in [0.1, 0.15) is 11.6 Å². The zero-order chi connectivity index (χ0) is 15.4. The maximum absolute atomic E-state index is 12.1. The van der Waals surface area contributed by atoms with Crippen LogP contribution in [0.3, 0.4) is 0 Å². The first kappa shape index (κ1) is 14.6. The Labute approximate surface area is 123 Å². The molecule has 0 saturated carbocycles. The third kappa shape index (κ3) is 3.60. The normalized spacial score (nSPS) is 11.5. The van der Waals surface area contributed by atoms with Crippen LogP contribution in [0.4, 0.5) is 5.82 Å². The van der Waals surface area contributed by atoms with Gasteiger partial charge in [0.15, 0.2) is 6.10 Å². The highest BCUT2D eigenvalue weighted by Gasteiger charge is 2.16. The molecule has 0 radical (unpaired) electrons. The van der Waals surface area contributed by atoms with Crippen LogP contribution in [0.25, 0.3) is 0 Å². The summed E-state index contributed by atoms with van der Waals surface area (Å²) in [6, 6.07) is 10.4. The fourth-order valence-electron chi connectivity index (χ4n) is 1.82. The van der Waals surface area contributed by atoms with Gasteiger partial charge in [-0.05, 0) is 38.1 Å². The first-order valence-corrected chi connectivity index (χ1v) is 6.48. The average molecular weight is 284 g/mol. The fourth-order valence-corrected chi connectivity index (χ4v) is 1.82. The molecule has 6 nitrogen and oxygen atoms in total.